The number of hydrogen-bond donors (Lipinski definition) is 0. The summed E-state index contributed by atoms with van der Waals surface area (Å²) in [6.45, 7) is 3.41. The summed E-state index contributed by atoms with van der Waals surface area (Å²) in [6.07, 6.45) is 2.55. The topological polar surface area (TPSA) is 60.2 Å². The third-order valence-corrected chi connectivity index (χ3v) is 5.86. The van der Waals surface area contributed by atoms with E-state index in [1.165, 1.54) is 22.9 Å². The highest BCUT2D eigenvalue weighted by atomic mass is 32.2. The zero-order valence-corrected chi connectivity index (χ0v) is 16.8. The third kappa shape index (κ3) is 3.89. The normalized spacial score (nSPS) is 13.3. The van der Waals surface area contributed by atoms with E-state index in [9.17, 15) is 4.79 Å². The van der Waals surface area contributed by atoms with Crippen molar-refractivity contribution in [1.82, 2.24) is 19.7 Å². The Kier molecular flexibility index (Phi) is 5.34. The van der Waals surface area contributed by atoms with Gasteiger partial charge in [-0.1, -0.05) is 35.5 Å². The largest absolute Gasteiger partial charge is 0.497 e. The lowest BCUT2D eigenvalue weighted by atomic mass is 9.99. The Morgan fingerprint density at radius 2 is 2.00 bits per heavy atom. The molecule has 4 rings (SSSR count). The number of fused-ring (bicyclic) bond motifs is 1. The maximum Gasteiger partial charge on any atom is 0.233 e. The van der Waals surface area contributed by atoms with E-state index in [4.69, 9.17) is 4.74 Å². The lowest BCUT2D eigenvalue weighted by Crippen LogP contribution is -2.37. The van der Waals surface area contributed by atoms with Crippen LogP contribution in [0.25, 0.3) is 5.69 Å². The molecule has 0 spiro atoms. The van der Waals surface area contributed by atoms with Gasteiger partial charge in [-0.05, 0) is 48.7 Å². The monoisotopic (exact) mass is 394 g/mol. The Morgan fingerprint density at radius 1 is 1.18 bits per heavy atom. The minimum Gasteiger partial charge on any atom is -0.497 e. The minimum absolute atomic E-state index is 0.108. The molecule has 1 aromatic heterocycles. The van der Waals surface area contributed by atoms with E-state index in [2.05, 4.69) is 23.2 Å². The van der Waals surface area contributed by atoms with Gasteiger partial charge in [0.05, 0.1) is 12.9 Å². The number of aromatic nitrogens is 3. The zero-order valence-electron chi connectivity index (χ0n) is 16.0. The third-order valence-electron chi connectivity index (χ3n) is 4.93. The molecule has 2 heterocycles. The number of rotatable bonds is 5. The molecular formula is C21H22N4O2S. The van der Waals surface area contributed by atoms with Crippen molar-refractivity contribution < 1.29 is 9.53 Å². The first kappa shape index (κ1) is 18.6. The summed E-state index contributed by atoms with van der Waals surface area (Å²) >= 11 is 1.42. The lowest BCUT2D eigenvalue weighted by molar-refractivity contribution is -0.129. The maximum absolute atomic E-state index is 12.8. The van der Waals surface area contributed by atoms with Crippen molar-refractivity contribution in [2.45, 2.75) is 25.0 Å². The van der Waals surface area contributed by atoms with Gasteiger partial charge in [0, 0.05) is 18.8 Å². The van der Waals surface area contributed by atoms with Crippen LogP contribution in [0.1, 0.15) is 16.7 Å². The molecule has 0 saturated carbocycles. The molecule has 0 fully saturated rings. The number of carbonyl (C=O) groups is 1. The van der Waals surface area contributed by atoms with Crippen LogP contribution in [0.15, 0.2) is 53.9 Å². The quantitative estimate of drug-likeness (QED) is 0.622. The van der Waals surface area contributed by atoms with E-state index in [0.717, 1.165) is 35.1 Å². The second-order valence-electron chi connectivity index (χ2n) is 6.81. The Hall–Kier alpha value is -2.80. The van der Waals surface area contributed by atoms with Crippen molar-refractivity contribution in [3.63, 3.8) is 0 Å². The molecule has 6 nitrogen and oxygen atoms in total. The number of benzene rings is 2. The molecule has 0 unspecified atom stereocenters. The molecule has 0 N–H and O–H groups in total. The van der Waals surface area contributed by atoms with E-state index in [1.807, 2.05) is 45.9 Å². The van der Waals surface area contributed by atoms with Crippen LogP contribution in [-0.2, 0) is 17.8 Å². The van der Waals surface area contributed by atoms with Gasteiger partial charge in [-0.2, -0.15) is 0 Å². The van der Waals surface area contributed by atoms with Gasteiger partial charge < -0.3 is 9.64 Å². The number of amides is 1. The molecule has 144 valence electrons. The van der Waals surface area contributed by atoms with Crippen LogP contribution in [0.3, 0.4) is 0 Å². The van der Waals surface area contributed by atoms with Crippen LogP contribution >= 0.6 is 11.8 Å². The van der Waals surface area contributed by atoms with Gasteiger partial charge in [0.25, 0.3) is 0 Å². The van der Waals surface area contributed by atoms with Gasteiger partial charge in [0.2, 0.25) is 5.91 Å². The molecule has 1 amide bonds. The molecular weight excluding hydrogens is 372 g/mol. The molecule has 0 atom stereocenters. The number of aryl methyl sites for hydroxylation is 1. The van der Waals surface area contributed by atoms with Crippen LogP contribution in [0.4, 0.5) is 0 Å². The SMILES string of the molecule is COc1ccc2c(c1)CN(C(=O)CSc1nncn1-c1ccc(C)cc1)CC2. The van der Waals surface area contributed by atoms with Crippen molar-refractivity contribution in [3.05, 3.63) is 65.5 Å². The molecule has 0 aliphatic carbocycles. The second-order valence-corrected chi connectivity index (χ2v) is 7.75. The van der Waals surface area contributed by atoms with Crippen LogP contribution in [0, 0.1) is 6.92 Å². The van der Waals surface area contributed by atoms with Gasteiger partial charge in [0.1, 0.15) is 12.1 Å². The summed E-state index contributed by atoms with van der Waals surface area (Å²) in [5.74, 6) is 1.27. The van der Waals surface area contributed by atoms with E-state index < -0.39 is 0 Å². The number of thioether (sulfide) groups is 1. The predicted molar refractivity (Wildman–Crippen MR) is 109 cm³/mol. The molecule has 3 aromatic rings. The number of methoxy groups -OCH3 is 1. The highest BCUT2D eigenvalue weighted by molar-refractivity contribution is 7.99. The first-order valence-electron chi connectivity index (χ1n) is 9.17. The van der Waals surface area contributed by atoms with Crippen molar-refractivity contribution >= 4 is 17.7 Å². The Bertz CT molecular complexity index is 984. The summed E-state index contributed by atoms with van der Waals surface area (Å²) in [4.78, 5) is 14.7. The van der Waals surface area contributed by atoms with E-state index in [1.54, 1.807) is 13.4 Å². The summed E-state index contributed by atoms with van der Waals surface area (Å²) < 4.78 is 7.22. The molecule has 1 aliphatic rings. The molecule has 0 radical (unpaired) electrons. The van der Waals surface area contributed by atoms with Gasteiger partial charge in [-0.3, -0.25) is 9.36 Å². The number of carbonyl (C=O) groups excluding carboxylic acids is 1. The second kappa shape index (κ2) is 8.06. The molecule has 28 heavy (non-hydrogen) atoms. The average Bonchev–Trinajstić information content (AvgIpc) is 3.20. The molecule has 0 bridgehead atoms. The Morgan fingerprint density at radius 3 is 2.79 bits per heavy atom. The van der Waals surface area contributed by atoms with Crippen LogP contribution in [0.5, 0.6) is 5.75 Å². The highest BCUT2D eigenvalue weighted by Crippen LogP contribution is 2.25. The summed E-state index contributed by atoms with van der Waals surface area (Å²) in [7, 11) is 1.66. The number of ether oxygens (including phenoxy) is 1. The number of nitrogens with zero attached hydrogens (tertiary/aromatic N) is 4. The molecule has 0 saturated heterocycles. The van der Waals surface area contributed by atoms with Gasteiger partial charge >= 0.3 is 0 Å². The molecule has 2 aromatic carbocycles. The van der Waals surface area contributed by atoms with Gasteiger partial charge in [0.15, 0.2) is 5.16 Å². The van der Waals surface area contributed by atoms with Gasteiger partial charge in [-0.15, -0.1) is 10.2 Å². The first-order valence-corrected chi connectivity index (χ1v) is 10.2. The summed E-state index contributed by atoms with van der Waals surface area (Å²) in [5, 5.41) is 8.91. The van der Waals surface area contributed by atoms with Crippen LogP contribution in [-0.4, -0.2) is 45.0 Å². The van der Waals surface area contributed by atoms with Gasteiger partial charge in [-0.25, -0.2) is 0 Å². The zero-order chi connectivity index (χ0) is 19.5. The highest BCUT2D eigenvalue weighted by Gasteiger charge is 2.22. The van der Waals surface area contributed by atoms with Crippen molar-refractivity contribution in [3.8, 4) is 11.4 Å². The standard InChI is InChI=1S/C21H22N4O2S/c1-15-3-6-18(7-4-15)25-14-22-23-21(25)28-13-20(26)24-10-9-16-5-8-19(27-2)11-17(16)12-24/h3-8,11,14H,9-10,12-13H2,1-2H3. The van der Waals surface area contributed by atoms with Crippen LogP contribution < -0.4 is 4.74 Å². The van der Waals surface area contributed by atoms with Crippen molar-refractivity contribution in [2.75, 3.05) is 19.4 Å². The Balaban J connectivity index is 1.41. The lowest BCUT2D eigenvalue weighted by Gasteiger charge is -2.29. The fraction of sp³-hybridized carbons (Fsp3) is 0.286. The minimum atomic E-state index is 0.108. The predicted octanol–water partition coefficient (Wildman–Crippen LogP) is 3.26. The smallest absolute Gasteiger partial charge is 0.233 e. The first-order chi connectivity index (χ1) is 13.6. The number of hydrogen-bond acceptors (Lipinski definition) is 5. The van der Waals surface area contributed by atoms with E-state index in [0.29, 0.717) is 12.3 Å². The fourth-order valence-electron chi connectivity index (χ4n) is 3.30. The average molecular weight is 395 g/mol. The summed E-state index contributed by atoms with van der Waals surface area (Å²) in [5.41, 5.74) is 4.64. The fourth-order valence-corrected chi connectivity index (χ4v) is 4.13. The molecule has 7 heteroatoms. The van der Waals surface area contributed by atoms with Crippen molar-refractivity contribution in [1.29, 1.82) is 0 Å². The van der Waals surface area contributed by atoms with E-state index in [-0.39, 0.29) is 5.91 Å². The van der Waals surface area contributed by atoms with Crippen molar-refractivity contribution in [2.24, 2.45) is 0 Å². The summed E-state index contributed by atoms with van der Waals surface area (Å²) in [6, 6.07) is 14.2. The van der Waals surface area contributed by atoms with E-state index >= 15 is 0 Å². The maximum atomic E-state index is 12.8. The van der Waals surface area contributed by atoms with Crippen LogP contribution in [0.2, 0.25) is 0 Å². The Labute approximate surface area is 168 Å². The molecule has 1 aliphatic heterocycles.